The van der Waals surface area contributed by atoms with Crippen molar-refractivity contribution in [3.05, 3.63) is 24.0 Å². The van der Waals surface area contributed by atoms with Crippen LogP contribution >= 0.6 is 0 Å². The Labute approximate surface area is 220 Å². The Morgan fingerprint density at radius 3 is 2.03 bits per heavy atom. The molecule has 0 atom stereocenters. The van der Waals surface area contributed by atoms with Crippen molar-refractivity contribution in [3.8, 4) is 5.75 Å². The van der Waals surface area contributed by atoms with E-state index in [2.05, 4.69) is 19.1 Å². The van der Waals surface area contributed by atoms with Gasteiger partial charge in [0.25, 0.3) is 0 Å². The lowest BCUT2D eigenvalue weighted by Crippen LogP contribution is -2.50. The summed E-state index contributed by atoms with van der Waals surface area (Å²) in [5, 5.41) is 0. The second-order valence-corrected chi connectivity index (χ2v) is 11.9. The number of aromatic nitrogens is 1. The van der Waals surface area contributed by atoms with Gasteiger partial charge in [-0.05, 0) is 63.5 Å². The quantitative estimate of drug-likeness (QED) is 0.234. The molecular formula is C29H52N4O3+2. The highest BCUT2D eigenvalue weighted by molar-refractivity contribution is 5.90. The first kappa shape index (κ1) is 30.2. The fraction of sp³-hybridized carbons (Fsp3) is 0.759. The molecule has 204 valence electrons. The molecule has 7 heteroatoms. The molecule has 36 heavy (non-hydrogen) atoms. The summed E-state index contributed by atoms with van der Waals surface area (Å²) < 4.78 is 6.77. The number of amides is 2. The fourth-order valence-electron chi connectivity index (χ4n) is 5.26. The molecule has 0 radical (unpaired) electrons. The van der Waals surface area contributed by atoms with Crippen LogP contribution in [0.2, 0.25) is 0 Å². The molecule has 1 aliphatic carbocycles. The van der Waals surface area contributed by atoms with Gasteiger partial charge < -0.3 is 14.1 Å². The van der Waals surface area contributed by atoms with Crippen LogP contribution in [0.15, 0.2) is 18.3 Å². The van der Waals surface area contributed by atoms with Gasteiger partial charge in [0.05, 0.1) is 47.3 Å². The Kier molecular flexibility index (Phi) is 12.3. The maximum atomic E-state index is 13.2. The van der Waals surface area contributed by atoms with Gasteiger partial charge in [0.1, 0.15) is 0 Å². The molecule has 1 aromatic rings. The van der Waals surface area contributed by atoms with Gasteiger partial charge in [0.2, 0.25) is 5.69 Å². The highest BCUT2D eigenvalue weighted by Gasteiger charge is 2.32. The van der Waals surface area contributed by atoms with Crippen LogP contribution in [0.5, 0.6) is 5.75 Å². The third-order valence-corrected chi connectivity index (χ3v) is 7.85. The lowest BCUT2D eigenvalue weighted by atomic mass is 9.93. The molecule has 0 aromatic carbocycles. The second kappa shape index (κ2) is 14.7. The van der Waals surface area contributed by atoms with Crippen molar-refractivity contribution in [3.63, 3.8) is 0 Å². The molecule has 1 aliphatic rings. The summed E-state index contributed by atoms with van der Waals surface area (Å²) in [5.74, 6) is 0.0834. The number of unbranched alkanes of at least 4 members (excludes halogenated alkanes) is 7. The Morgan fingerprint density at radius 1 is 0.889 bits per heavy atom. The monoisotopic (exact) mass is 504 g/mol. The van der Waals surface area contributed by atoms with E-state index in [1.807, 2.05) is 14.1 Å². The Bertz CT molecular complexity index is 816. The lowest BCUT2D eigenvalue weighted by molar-refractivity contribution is -0.916. The van der Waals surface area contributed by atoms with Gasteiger partial charge in [0, 0.05) is 20.3 Å². The molecular weight excluding hydrogens is 452 g/mol. The minimum atomic E-state index is -0.519. The molecule has 0 aliphatic heterocycles. The van der Waals surface area contributed by atoms with Gasteiger partial charge in [-0.2, -0.15) is 0 Å². The van der Waals surface area contributed by atoms with Gasteiger partial charge >= 0.3 is 12.0 Å². The number of hydrogen-bond acceptors (Lipinski definition) is 4. The van der Waals surface area contributed by atoms with E-state index in [-0.39, 0.29) is 21.8 Å². The minimum Gasteiger partial charge on any atom is -0.407 e. The summed E-state index contributed by atoms with van der Waals surface area (Å²) in [7, 11) is 11.9. The maximum Gasteiger partial charge on any atom is 0.414 e. The zero-order valence-corrected chi connectivity index (χ0v) is 23.9. The lowest BCUT2D eigenvalue weighted by Gasteiger charge is -2.40. The van der Waals surface area contributed by atoms with Crippen molar-refractivity contribution >= 4 is 12.0 Å². The van der Waals surface area contributed by atoms with Gasteiger partial charge in [-0.15, -0.1) is 0 Å². The fourth-order valence-corrected chi connectivity index (χ4v) is 5.26. The Morgan fingerprint density at radius 2 is 1.44 bits per heavy atom. The normalized spacial score (nSPS) is 15.1. The van der Waals surface area contributed by atoms with Crippen LogP contribution < -0.4 is 4.74 Å². The van der Waals surface area contributed by atoms with E-state index in [1.54, 1.807) is 32.4 Å². The first-order chi connectivity index (χ1) is 17.0. The molecule has 0 unspecified atom stereocenters. The summed E-state index contributed by atoms with van der Waals surface area (Å²) in [6, 6.07) is 4.18. The SMILES string of the molecule is CN(C)C(=O)Oc1cccnc1C(=O)[N+](C)(C)CCCCCCCCCC[N+](C)(C)C1CCCCC1. The molecule has 1 aromatic heterocycles. The Hall–Kier alpha value is -1.99. The van der Waals surface area contributed by atoms with E-state index >= 15 is 0 Å². The zero-order chi connectivity index (χ0) is 26.6. The number of carbonyl (C=O) groups is 2. The molecule has 0 spiro atoms. The third kappa shape index (κ3) is 9.81. The summed E-state index contributed by atoms with van der Waals surface area (Å²) in [6.07, 6.45) is 18.1. The minimum absolute atomic E-state index is 0.133. The predicted octanol–water partition coefficient (Wildman–Crippen LogP) is 5.89. The van der Waals surface area contributed by atoms with E-state index in [0.717, 1.165) is 25.4 Å². The summed E-state index contributed by atoms with van der Waals surface area (Å²) in [6.45, 7) is 2.06. The summed E-state index contributed by atoms with van der Waals surface area (Å²) in [4.78, 5) is 30.7. The summed E-state index contributed by atoms with van der Waals surface area (Å²) >= 11 is 0. The number of pyridine rings is 1. The predicted molar refractivity (Wildman–Crippen MR) is 146 cm³/mol. The van der Waals surface area contributed by atoms with E-state index in [1.165, 1.54) is 86.6 Å². The maximum absolute atomic E-state index is 13.2. The van der Waals surface area contributed by atoms with Gasteiger partial charge in [0.15, 0.2) is 5.75 Å². The molecule has 7 nitrogen and oxygen atoms in total. The topological polar surface area (TPSA) is 59.5 Å². The van der Waals surface area contributed by atoms with Crippen LogP contribution in [0.4, 0.5) is 4.79 Å². The largest absolute Gasteiger partial charge is 0.414 e. The first-order valence-electron chi connectivity index (χ1n) is 14.1. The van der Waals surface area contributed by atoms with E-state index in [0.29, 0.717) is 0 Å². The van der Waals surface area contributed by atoms with Gasteiger partial charge in [-0.1, -0.05) is 32.1 Å². The summed E-state index contributed by atoms with van der Waals surface area (Å²) in [5.41, 5.74) is 0.211. The average molecular weight is 505 g/mol. The highest BCUT2D eigenvalue weighted by Crippen LogP contribution is 2.26. The van der Waals surface area contributed by atoms with Crippen molar-refractivity contribution in [2.45, 2.75) is 89.5 Å². The number of nitrogens with zero attached hydrogens (tertiary/aromatic N) is 4. The van der Waals surface area contributed by atoms with Crippen LogP contribution in [0.1, 0.15) is 94.0 Å². The van der Waals surface area contributed by atoms with E-state index in [9.17, 15) is 9.59 Å². The molecule has 1 saturated carbocycles. The first-order valence-corrected chi connectivity index (χ1v) is 14.1. The van der Waals surface area contributed by atoms with Crippen molar-refractivity contribution in [1.82, 2.24) is 9.88 Å². The van der Waals surface area contributed by atoms with Crippen LogP contribution in [0.25, 0.3) is 0 Å². The van der Waals surface area contributed by atoms with Crippen molar-refractivity contribution < 1.29 is 23.3 Å². The highest BCUT2D eigenvalue weighted by atomic mass is 16.6. The molecule has 2 amide bonds. The van der Waals surface area contributed by atoms with Crippen molar-refractivity contribution in [2.24, 2.45) is 0 Å². The van der Waals surface area contributed by atoms with Crippen molar-refractivity contribution in [1.29, 1.82) is 0 Å². The smallest absolute Gasteiger partial charge is 0.407 e. The van der Waals surface area contributed by atoms with E-state index in [4.69, 9.17) is 4.74 Å². The standard InChI is InChI=1S/C29H52N4O3/c1-31(2)29(35)36-26-21-18-22-30-27(26)28(34)33(5,6)24-17-12-10-8-7-9-11-16-23-32(3,4)25-19-14-13-15-20-25/h18,21-22,25H,7-17,19-20,23-24H2,1-6H3/q+2. The molecule has 1 heterocycles. The van der Waals surface area contributed by atoms with Crippen LogP contribution in [0, 0.1) is 0 Å². The number of ether oxygens (including phenoxy) is 1. The third-order valence-electron chi connectivity index (χ3n) is 7.85. The van der Waals surface area contributed by atoms with Crippen LogP contribution in [0.3, 0.4) is 0 Å². The molecule has 0 saturated heterocycles. The average Bonchev–Trinajstić information content (AvgIpc) is 2.85. The molecule has 1 fully saturated rings. The number of hydrogen-bond donors (Lipinski definition) is 0. The van der Waals surface area contributed by atoms with Crippen LogP contribution in [-0.4, -0.2) is 92.3 Å². The molecule has 2 rings (SSSR count). The number of rotatable bonds is 14. The second-order valence-electron chi connectivity index (χ2n) is 11.9. The molecule has 0 bridgehead atoms. The van der Waals surface area contributed by atoms with Gasteiger partial charge in [-0.3, -0.25) is 4.48 Å². The zero-order valence-electron chi connectivity index (χ0n) is 23.9. The van der Waals surface area contributed by atoms with Crippen molar-refractivity contribution in [2.75, 3.05) is 55.4 Å². The van der Waals surface area contributed by atoms with Crippen LogP contribution in [-0.2, 0) is 0 Å². The number of quaternary nitrogens is 2. The number of carbonyl (C=O) groups excluding carboxylic acids is 2. The van der Waals surface area contributed by atoms with E-state index < -0.39 is 6.09 Å². The van der Waals surface area contributed by atoms with Gasteiger partial charge in [-0.25, -0.2) is 14.6 Å². The molecule has 0 N–H and O–H groups in total. The Balaban J connectivity index is 1.62.